The van der Waals surface area contributed by atoms with E-state index in [9.17, 15) is 4.79 Å². The number of benzene rings is 2. The summed E-state index contributed by atoms with van der Waals surface area (Å²) in [7, 11) is 0. The smallest absolute Gasteiger partial charge is 0.246 e. The molecule has 1 heterocycles. The summed E-state index contributed by atoms with van der Waals surface area (Å²) in [5.74, 6) is -0.0527. The fourth-order valence-electron chi connectivity index (χ4n) is 2.91. The fraction of sp³-hybridized carbons (Fsp3) is 0.350. The molecule has 2 aromatic rings. The molecule has 1 aliphatic rings. The van der Waals surface area contributed by atoms with Crippen molar-refractivity contribution in [3.8, 4) is 0 Å². The molecule has 0 radical (unpaired) electrons. The van der Waals surface area contributed by atoms with Crippen LogP contribution < -0.4 is 10.6 Å². The minimum Gasteiger partial charge on any atom is -0.377 e. The lowest BCUT2D eigenvalue weighted by molar-refractivity contribution is -0.118. The molecule has 2 atom stereocenters. The van der Waals surface area contributed by atoms with E-state index in [4.69, 9.17) is 4.74 Å². The lowest BCUT2D eigenvalue weighted by Crippen LogP contribution is -2.37. The monoisotopic (exact) mass is 324 g/mol. The molecule has 4 heteroatoms. The van der Waals surface area contributed by atoms with Crippen molar-refractivity contribution in [1.29, 1.82) is 0 Å². The zero-order valence-electron chi connectivity index (χ0n) is 14.0. The molecule has 3 rings (SSSR count). The molecular formula is C20H24N2O2. The van der Waals surface area contributed by atoms with Gasteiger partial charge in [0.25, 0.3) is 0 Å². The predicted molar refractivity (Wildman–Crippen MR) is 96.0 cm³/mol. The molecule has 1 amide bonds. The van der Waals surface area contributed by atoms with Gasteiger partial charge in [-0.25, -0.2) is 0 Å². The second kappa shape index (κ2) is 8.08. The third-order valence-corrected chi connectivity index (χ3v) is 4.29. The summed E-state index contributed by atoms with van der Waals surface area (Å²) >= 11 is 0. The minimum atomic E-state index is -0.392. The van der Waals surface area contributed by atoms with E-state index < -0.39 is 6.04 Å². The number of aryl methyl sites for hydroxylation is 1. The van der Waals surface area contributed by atoms with Gasteiger partial charge in [-0.3, -0.25) is 10.1 Å². The largest absolute Gasteiger partial charge is 0.377 e. The highest BCUT2D eigenvalue weighted by Crippen LogP contribution is 2.18. The van der Waals surface area contributed by atoms with Gasteiger partial charge < -0.3 is 10.1 Å². The van der Waals surface area contributed by atoms with Gasteiger partial charge in [0, 0.05) is 18.8 Å². The number of hydrogen-bond acceptors (Lipinski definition) is 3. The average Bonchev–Trinajstić information content (AvgIpc) is 3.12. The molecule has 2 N–H and O–H groups in total. The number of carbonyl (C=O) groups is 1. The molecule has 0 unspecified atom stereocenters. The number of rotatable bonds is 6. The second-order valence-corrected chi connectivity index (χ2v) is 6.24. The molecule has 126 valence electrons. The summed E-state index contributed by atoms with van der Waals surface area (Å²) < 4.78 is 5.66. The maximum atomic E-state index is 12.8. The summed E-state index contributed by atoms with van der Waals surface area (Å²) in [5, 5.41) is 6.37. The third kappa shape index (κ3) is 4.43. The predicted octanol–water partition coefficient (Wildman–Crippen LogP) is 3.44. The van der Waals surface area contributed by atoms with Crippen molar-refractivity contribution in [3.05, 3.63) is 65.7 Å². The SMILES string of the molecule is Cc1ccc(NC(=O)[C@H](NC[C@@H]2CCCO2)c2ccccc2)cc1. The summed E-state index contributed by atoms with van der Waals surface area (Å²) in [6.45, 7) is 3.53. The van der Waals surface area contributed by atoms with E-state index in [0.29, 0.717) is 6.54 Å². The first-order valence-corrected chi connectivity index (χ1v) is 8.50. The van der Waals surface area contributed by atoms with E-state index in [2.05, 4.69) is 10.6 Å². The number of hydrogen-bond donors (Lipinski definition) is 2. The first-order chi connectivity index (χ1) is 11.7. The quantitative estimate of drug-likeness (QED) is 0.856. The molecule has 2 aromatic carbocycles. The van der Waals surface area contributed by atoms with Crippen LogP contribution in [0.2, 0.25) is 0 Å². The molecule has 4 nitrogen and oxygen atoms in total. The van der Waals surface area contributed by atoms with E-state index in [-0.39, 0.29) is 12.0 Å². The van der Waals surface area contributed by atoms with Gasteiger partial charge in [-0.1, -0.05) is 48.0 Å². The van der Waals surface area contributed by atoms with Crippen molar-refractivity contribution in [2.45, 2.75) is 31.9 Å². The zero-order chi connectivity index (χ0) is 16.8. The Kier molecular flexibility index (Phi) is 5.62. The second-order valence-electron chi connectivity index (χ2n) is 6.24. The standard InChI is InChI=1S/C20H24N2O2/c1-15-9-11-17(12-10-15)22-20(23)19(16-6-3-2-4-7-16)21-14-18-8-5-13-24-18/h2-4,6-7,9-12,18-19,21H,5,8,13-14H2,1H3,(H,22,23)/t18-,19+/m0/s1. The number of anilines is 1. The van der Waals surface area contributed by atoms with E-state index in [1.54, 1.807) is 0 Å². The molecule has 0 aromatic heterocycles. The molecule has 1 saturated heterocycles. The van der Waals surface area contributed by atoms with Crippen LogP contribution in [-0.4, -0.2) is 25.2 Å². The molecule has 0 saturated carbocycles. The van der Waals surface area contributed by atoms with Crippen LogP contribution in [0.25, 0.3) is 0 Å². The molecule has 0 spiro atoms. The Morgan fingerprint density at radius 1 is 1.17 bits per heavy atom. The zero-order valence-corrected chi connectivity index (χ0v) is 14.0. The topological polar surface area (TPSA) is 50.4 Å². The van der Waals surface area contributed by atoms with E-state index in [0.717, 1.165) is 30.7 Å². The van der Waals surface area contributed by atoms with Gasteiger partial charge in [0.1, 0.15) is 6.04 Å². The highest BCUT2D eigenvalue weighted by molar-refractivity contribution is 5.95. The number of nitrogens with one attached hydrogen (secondary N) is 2. The molecule has 0 bridgehead atoms. The Labute approximate surface area is 143 Å². The molecule has 1 fully saturated rings. The Balaban J connectivity index is 1.70. The van der Waals surface area contributed by atoms with Crippen LogP contribution in [0.5, 0.6) is 0 Å². The van der Waals surface area contributed by atoms with Gasteiger partial charge in [-0.05, 0) is 37.5 Å². The Hall–Kier alpha value is -2.17. The van der Waals surface area contributed by atoms with Crippen LogP contribution >= 0.6 is 0 Å². The molecular weight excluding hydrogens is 300 g/mol. The van der Waals surface area contributed by atoms with Gasteiger partial charge in [-0.15, -0.1) is 0 Å². The maximum absolute atomic E-state index is 12.8. The number of ether oxygens (including phenoxy) is 1. The summed E-state index contributed by atoms with van der Waals surface area (Å²) in [6, 6.07) is 17.3. The summed E-state index contributed by atoms with van der Waals surface area (Å²) in [5.41, 5.74) is 2.94. The lowest BCUT2D eigenvalue weighted by Gasteiger charge is -2.21. The molecule has 0 aliphatic carbocycles. The van der Waals surface area contributed by atoms with Gasteiger partial charge in [0.2, 0.25) is 5.91 Å². The van der Waals surface area contributed by atoms with Crippen LogP contribution in [0.3, 0.4) is 0 Å². The van der Waals surface area contributed by atoms with Gasteiger partial charge >= 0.3 is 0 Å². The van der Waals surface area contributed by atoms with Crippen molar-refractivity contribution < 1.29 is 9.53 Å². The van der Waals surface area contributed by atoms with Crippen LogP contribution in [-0.2, 0) is 9.53 Å². The van der Waals surface area contributed by atoms with Crippen molar-refractivity contribution >= 4 is 11.6 Å². The summed E-state index contributed by atoms with van der Waals surface area (Å²) in [4.78, 5) is 12.8. The van der Waals surface area contributed by atoms with Gasteiger partial charge in [0.15, 0.2) is 0 Å². The normalized spacial score (nSPS) is 18.3. The van der Waals surface area contributed by atoms with Crippen LogP contribution in [0.1, 0.15) is 30.0 Å². The van der Waals surface area contributed by atoms with Crippen molar-refractivity contribution in [2.75, 3.05) is 18.5 Å². The molecule has 1 aliphatic heterocycles. The van der Waals surface area contributed by atoms with Gasteiger partial charge in [-0.2, -0.15) is 0 Å². The number of amides is 1. The Bertz CT molecular complexity index is 649. The third-order valence-electron chi connectivity index (χ3n) is 4.29. The maximum Gasteiger partial charge on any atom is 0.246 e. The first-order valence-electron chi connectivity index (χ1n) is 8.50. The highest BCUT2D eigenvalue weighted by atomic mass is 16.5. The fourth-order valence-corrected chi connectivity index (χ4v) is 2.91. The number of carbonyl (C=O) groups excluding carboxylic acids is 1. The van der Waals surface area contributed by atoms with Crippen molar-refractivity contribution in [2.24, 2.45) is 0 Å². The minimum absolute atomic E-state index is 0.0527. The van der Waals surface area contributed by atoms with Crippen LogP contribution in [0, 0.1) is 6.92 Å². The van der Waals surface area contributed by atoms with E-state index in [1.807, 2.05) is 61.5 Å². The molecule has 24 heavy (non-hydrogen) atoms. The Morgan fingerprint density at radius 3 is 2.58 bits per heavy atom. The van der Waals surface area contributed by atoms with E-state index in [1.165, 1.54) is 5.56 Å². The van der Waals surface area contributed by atoms with Crippen LogP contribution in [0.4, 0.5) is 5.69 Å². The first kappa shape index (κ1) is 16.7. The lowest BCUT2D eigenvalue weighted by atomic mass is 10.1. The average molecular weight is 324 g/mol. The Morgan fingerprint density at radius 2 is 1.92 bits per heavy atom. The van der Waals surface area contributed by atoms with Crippen molar-refractivity contribution in [1.82, 2.24) is 5.32 Å². The van der Waals surface area contributed by atoms with E-state index >= 15 is 0 Å². The van der Waals surface area contributed by atoms with Gasteiger partial charge in [0.05, 0.1) is 6.10 Å². The summed E-state index contributed by atoms with van der Waals surface area (Å²) in [6.07, 6.45) is 2.34. The highest BCUT2D eigenvalue weighted by Gasteiger charge is 2.23. The van der Waals surface area contributed by atoms with Crippen LogP contribution in [0.15, 0.2) is 54.6 Å². The van der Waals surface area contributed by atoms with Crippen molar-refractivity contribution in [3.63, 3.8) is 0 Å².